The number of ether oxygens (including phenoxy) is 1. The van der Waals surface area contributed by atoms with Crippen LogP contribution in [0.15, 0.2) is 48.1 Å². The standard InChI is InChI=1S/C33H39FN2O11/c1-30-12-11-22(37)14-21(30)9-10-23-24-15-25(38)33(43,31(24,2)16-26(39)32(23,30)34)27(40)18-46-28(41)17-35-29(42)20-7-5-19(6-8-20)4-3-13-47-36(44)45/h5-8,11-12,14,23-26,38-39,43H,3-4,9-10,13,15-18H2,1-2H3,(H,35,42)/t23?,24?,25-,26+,30+,31+,32+,33+/m1/s1. The number of nitrogens with one attached hydrogen (secondary N) is 1. The Bertz CT molecular complexity index is 1530. The number of halogens is 1. The molecule has 0 aromatic heterocycles. The predicted molar refractivity (Wildman–Crippen MR) is 161 cm³/mol. The molecular formula is C33H39FN2O11. The maximum absolute atomic E-state index is 17.2. The number of aryl methyl sites for hydroxylation is 1. The molecule has 1 aromatic rings. The zero-order chi connectivity index (χ0) is 34.4. The summed E-state index contributed by atoms with van der Waals surface area (Å²) in [7, 11) is 0. The Balaban J connectivity index is 1.19. The number of aliphatic hydroxyl groups is 3. The van der Waals surface area contributed by atoms with E-state index in [1.807, 2.05) is 0 Å². The van der Waals surface area contributed by atoms with Gasteiger partial charge in [0.25, 0.3) is 11.0 Å². The van der Waals surface area contributed by atoms with E-state index in [9.17, 15) is 44.6 Å². The summed E-state index contributed by atoms with van der Waals surface area (Å²) in [6.45, 7) is 1.60. The Morgan fingerprint density at radius 3 is 2.51 bits per heavy atom. The Labute approximate surface area is 269 Å². The molecule has 13 nitrogen and oxygen atoms in total. The molecule has 0 heterocycles. The van der Waals surface area contributed by atoms with Crippen LogP contribution in [0.3, 0.4) is 0 Å². The minimum Gasteiger partial charge on any atom is -0.456 e. The van der Waals surface area contributed by atoms with Gasteiger partial charge in [-0.2, -0.15) is 0 Å². The van der Waals surface area contributed by atoms with Gasteiger partial charge >= 0.3 is 5.97 Å². The van der Waals surface area contributed by atoms with Crippen LogP contribution in [-0.4, -0.2) is 87.1 Å². The van der Waals surface area contributed by atoms with E-state index in [4.69, 9.17) is 4.74 Å². The Hall–Kier alpha value is -4.01. The molecule has 4 aliphatic carbocycles. The van der Waals surface area contributed by atoms with Gasteiger partial charge in [0.2, 0.25) is 5.78 Å². The normalized spacial score (nSPS) is 35.5. The monoisotopic (exact) mass is 658 g/mol. The van der Waals surface area contributed by atoms with Crippen LogP contribution in [-0.2, 0) is 30.4 Å². The van der Waals surface area contributed by atoms with E-state index in [0.717, 1.165) is 5.56 Å². The number of nitrogens with zero attached hydrogens (tertiary/aromatic N) is 1. The summed E-state index contributed by atoms with van der Waals surface area (Å²) in [6.07, 6.45) is 1.95. The highest BCUT2D eigenvalue weighted by Crippen LogP contribution is 2.69. The molecule has 0 bridgehead atoms. The topological polar surface area (TPSA) is 203 Å². The van der Waals surface area contributed by atoms with Crippen molar-refractivity contribution in [3.63, 3.8) is 0 Å². The van der Waals surface area contributed by atoms with Gasteiger partial charge in [0.05, 0.1) is 18.8 Å². The third kappa shape index (κ3) is 5.65. The number of carbonyl (C=O) groups excluding carboxylic acids is 4. The van der Waals surface area contributed by atoms with Crippen LogP contribution in [0.25, 0.3) is 0 Å². The quantitative estimate of drug-likeness (QED) is 0.117. The molecular weight excluding hydrogens is 619 g/mol. The molecule has 47 heavy (non-hydrogen) atoms. The number of amides is 1. The lowest BCUT2D eigenvalue weighted by Gasteiger charge is -2.62. The minimum absolute atomic E-state index is 0.0588. The van der Waals surface area contributed by atoms with Crippen molar-refractivity contribution in [1.82, 2.24) is 5.32 Å². The molecule has 14 heteroatoms. The molecule has 5 rings (SSSR count). The maximum Gasteiger partial charge on any atom is 0.325 e. The Kier molecular flexibility index (Phi) is 9.16. The van der Waals surface area contributed by atoms with Crippen LogP contribution in [0.2, 0.25) is 0 Å². The number of Topliss-reactive ketones (excluding diaryl/α,β-unsaturated/α-hetero) is 1. The number of benzene rings is 1. The van der Waals surface area contributed by atoms with Crippen molar-refractivity contribution in [2.24, 2.45) is 22.7 Å². The SMILES string of the molecule is C[C@]12C=CC(=O)C=C1CCC1C3C[C@@H](O)[C@](O)(C(=O)COC(=O)CNC(=O)c4ccc(CCCO[N+](=O)[O-])cc4)[C@@]3(C)C[C@H](O)[C@@]12F. The highest BCUT2D eigenvalue weighted by atomic mass is 19.1. The molecule has 8 atom stereocenters. The van der Waals surface area contributed by atoms with E-state index < -0.39 is 82.0 Å². The van der Waals surface area contributed by atoms with Crippen molar-refractivity contribution < 1.29 is 53.5 Å². The van der Waals surface area contributed by atoms with E-state index in [2.05, 4.69) is 10.2 Å². The maximum atomic E-state index is 17.2. The van der Waals surface area contributed by atoms with E-state index in [1.165, 1.54) is 37.3 Å². The number of aliphatic hydroxyl groups excluding tert-OH is 2. The molecule has 0 saturated heterocycles. The fourth-order valence-corrected chi connectivity index (χ4v) is 8.53. The highest BCUT2D eigenvalue weighted by Gasteiger charge is 2.76. The smallest absolute Gasteiger partial charge is 0.325 e. The van der Waals surface area contributed by atoms with Crippen molar-refractivity contribution in [3.05, 3.63) is 69.3 Å². The van der Waals surface area contributed by atoms with E-state index >= 15 is 4.39 Å². The fourth-order valence-electron chi connectivity index (χ4n) is 8.53. The van der Waals surface area contributed by atoms with Gasteiger partial charge in [0.1, 0.15) is 6.54 Å². The van der Waals surface area contributed by atoms with Crippen LogP contribution < -0.4 is 5.32 Å². The van der Waals surface area contributed by atoms with Crippen LogP contribution in [0.4, 0.5) is 4.39 Å². The molecule has 2 unspecified atom stereocenters. The van der Waals surface area contributed by atoms with E-state index in [-0.39, 0.29) is 37.2 Å². The zero-order valence-corrected chi connectivity index (χ0v) is 26.1. The Morgan fingerprint density at radius 2 is 1.83 bits per heavy atom. The number of alkyl halides is 1. The first-order chi connectivity index (χ1) is 22.1. The zero-order valence-electron chi connectivity index (χ0n) is 26.1. The molecule has 0 spiro atoms. The summed E-state index contributed by atoms with van der Waals surface area (Å²) in [5.41, 5.74) is -5.78. The average Bonchev–Trinajstić information content (AvgIpc) is 3.23. The summed E-state index contributed by atoms with van der Waals surface area (Å²) >= 11 is 0. The molecule has 0 aliphatic heterocycles. The molecule has 4 N–H and O–H groups in total. The number of hydrogen-bond donors (Lipinski definition) is 4. The first-order valence-electron chi connectivity index (χ1n) is 15.6. The Morgan fingerprint density at radius 1 is 1.13 bits per heavy atom. The summed E-state index contributed by atoms with van der Waals surface area (Å²) in [4.78, 5) is 64.9. The lowest BCUT2D eigenvalue weighted by Crippen LogP contribution is -2.69. The molecule has 0 radical (unpaired) electrons. The van der Waals surface area contributed by atoms with Crippen molar-refractivity contribution in [3.8, 4) is 0 Å². The summed E-state index contributed by atoms with van der Waals surface area (Å²) in [5.74, 6) is -4.39. The van der Waals surface area contributed by atoms with Crippen LogP contribution in [0.5, 0.6) is 0 Å². The van der Waals surface area contributed by atoms with Gasteiger partial charge in [-0.1, -0.05) is 30.7 Å². The second-order valence-corrected chi connectivity index (χ2v) is 13.4. The first kappa shape index (κ1) is 34.3. The van der Waals surface area contributed by atoms with Crippen LogP contribution in [0, 0.1) is 32.8 Å². The summed E-state index contributed by atoms with van der Waals surface area (Å²) in [6, 6.07) is 6.34. The second-order valence-electron chi connectivity index (χ2n) is 13.4. The minimum atomic E-state index is -2.45. The van der Waals surface area contributed by atoms with E-state index in [0.29, 0.717) is 24.8 Å². The van der Waals surface area contributed by atoms with Crippen molar-refractivity contribution in [2.75, 3.05) is 19.8 Å². The number of rotatable bonds is 11. The van der Waals surface area contributed by atoms with E-state index in [1.54, 1.807) is 19.1 Å². The third-order valence-electron chi connectivity index (χ3n) is 11.1. The molecule has 1 amide bonds. The van der Waals surface area contributed by atoms with Crippen LogP contribution in [0.1, 0.15) is 61.9 Å². The molecule has 4 aliphatic rings. The number of fused-ring (bicyclic) bond motifs is 5. The number of ketones is 2. The molecule has 1 aromatic carbocycles. The number of hydrogen-bond acceptors (Lipinski definition) is 11. The first-order valence-corrected chi connectivity index (χ1v) is 15.6. The predicted octanol–water partition coefficient (Wildman–Crippen LogP) is 1.74. The number of carbonyl (C=O) groups is 4. The van der Waals surface area contributed by atoms with Gasteiger partial charge in [-0.05, 0) is 81.2 Å². The number of allylic oxidation sites excluding steroid dienone is 4. The lowest BCUT2D eigenvalue weighted by atomic mass is 9.44. The second kappa shape index (κ2) is 12.5. The van der Waals surface area contributed by atoms with Gasteiger partial charge in [-0.15, -0.1) is 10.1 Å². The van der Waals surface area contributed by atoms with Crippen molar-refractivity contribution in [2.45, 2.75) is 75.9 Å². The lowest BCUT2D eigenvalue weighted by molar-refractivity contribution is -0.757. The molecule has 254 valence electrons. The largest absolute Gasteiger partial charge is 0.456 e. The van der Waals surface area contributed by atoms with Gasteiger partial charge in [-0.25, -0.2) is 4.39 Å². The highest BCUT2D eigenvalue weighted by molar-refractivity contribution is 6.01. The molecule has 3 saturated carbocycles. The van der Waals surface area contributed by atoms with Gasteiger partial charge in [-0.3, -0.25) is 19.2 Å². The van der Waals surface area contributed by atoms with Crippen molar-refractivity contribution >= 4 is 23.4 Å². The van der Waals surface area contributed by atoms with Gasteiger partial charge in [0, 0.05) is 22.3 Å². The van der Waals surface area contributed by atoms with Gasteiger partial charge in [0.15, 0.2) is 23.7 Å². The van der Waals surface area contributed by atoms with Crippen LogP contribution >= 0.6 is 0 Å². The molecule has 3 fully saturated rings. The fraction of sp³-hybridized carbons (Fsp3) is 0.576. The number of esters is 1. The summed E-state index contributed by atoms with van der Waals surface area (Å²) in [5, 5.41) is 46.0. The summed E-state index contributed by atoms with van der Waals surface area (Å²) < 4.78 is 22.3. The van der Waals surface area contributed by atoms with Crippen molar-refractivity contribution in [1.29, 1.82) is 0 Å². The third-order valence-corrected chi connectivity index (χ3v) is 11.1. The van der Waals surface area contributed by atoms with Gasteiger partial charge < -0.3 is 30.2 Å². The average molecular weight is 659 g/mol.